The van der Waals surface area contributed by atoms with Crippen LogP contribution in [0.1, 0.15) is 0 Å². The normalized spacial score (nSPS) is 11.2. The Labute approximate surface area is 82.6 Å². The van der Waals surface area contributed by atoms with Gasteiger partial charge in [0.05, 0.1) is 0 Å². The highest BCUT2D eigenvalue weighted by molar-refractivity contribution is 7.07. The van der Waals surface area contributed by atoms with E-state index in [1.54, 1.807) is 13.1 Å². The van der Waals surface area contributed by atoms with Crippen LogP contribution in [0.15, 0.2) is 0 Å². The van der Waals surface area contributed by atoms with Crippen LogP contribution >= 0.6 is 0 Å². The summed E-state index contributed by atoms with van der Waals surface area (Å²) in [4.78, 5) is 25.3. The van der Waals surface area contributed by atoms with Crippen LogP contribution in [0.2, 0.25) is 26.2 Å². The Morgan fingerprint density at radius 3 is 2.08 bits per heavy atom. The lowest BCUT2D eigenvalue weighted by Crippen LogP contribution is -2.60. The highest BCUT2D eigenvalue weighted by Gasteiger charge is 2.32. The zero-order valence-electron chi connectivity index (χ0n) is 8.47. The summed E-state index contributed by atoms with van der Waals surface area (Å²) in [6, 6.07) is 0. The Morgan fingerprint density at radius 2 is 1.77 bits per heavy atom. The van der Waals surface area contributed by atoms with Crippen molar-refractivity contribution >= 4 is 36.1 Å². The fourth-order valence-electron chi connectivity index (χ4n) is 0.690. The lowest BCUT2D eigenvalue weighted by atomic mass is 10.5. The monoisotopic (exact) mass is 214 g/mol. The van der Waals surface area contributed by atoms with Gasteiger partial charge in [0.25, 0.3) is 8.24 Å². The highest BCUT2D eigenvalue weighted by atomic mass is 28.3. The Balaban J connectivity index is 4.33. The quantitative estimate of drug-likeness (QED) is 0.666. The number of carbonyl (C=O) groups excluding carboxylic acids is 2. The van der Waals surface area contributed by atoms with E-state index in [1.807, 2.05) is 13.1 Å². The largest absolute Gasteiger partial charge is 0.412 e. The molecule has 13 heavy (non-hydrogen) atoms. The molecule has 0 aliphatic rings. The van der Waals surface area contributed by atoms with Gasteiger partial charge in [-0.05, 0) is 13.1 Å². The molecule has 0 bridgehead atoms. The molecular weight excluding hydrogens is 199 g/mol. The van der Waals surface area contributed by atoms with Gasteiger partial charge in [0.15, 0.2) is 5.53 Å². The van der Waals surface area contributed by atoms with E-state index in [1.165, 1.54) is 0 Å². The van der Waals surface area contributed by atoms with E-state index in [0.717, 1.165) is 0 Å². The van der Waals surface area contributed by atoms with Crippen molar-refractivity contribution in [3.63, 3.8) is 0 Å². The highest BCUT2D eigenvalue weighted by Crippen LogP contribution is 1.99. The third-order valence-corrected chi connectivity index (χ3v) is 5.29. The first-order chi connectivity index (χ1) is 5.81. The van der Waals surface area contributed by atoms with E-state index in [-0.39, 0.29) is 11.1 Å². The molecule has 0 spiro atoms. The minimum Gasteiger partial charge on any atom is -0.412 e. The topological polar surface area (TPSA) is 58.2 Å². The standard InChI is InChI=1S/C6H15BN2O2Si2/c1-12(2)5(10)9-13(3,4)6(11)8-7/h12H,1-4H3,(H,8,11)(H,9,10). The van der Waals surface area contributed by atoms with Gasteiger partial charge < -0.3 is 10.2 Å². The number of hydrogen-bond acceptors (Lipinski definition) is 2. The maximum atomic E-state index is 11.3. The number of nitrogens with one attached hydrogen (secondary N) is 2. The average molecular weight is 214 g/mol. The van der Waals surface area contributed by atoms with Crippen molar-refractivity contribution in [2.75, 3.05) is 0 Å². The maximum absolute atomic E-state index is 11.3. The van der Waals surface area contributed by atoms with Crippen molar-refractivity contribution in [3.8, 4) is 0 Å². The number of amides is 2. The summed E-state index contributed by atoms with van der Waals surface area (Å²) in [6.45, 7) is 7.34. The van der Waals surface area contributed by atoms with Gasteiger partial charge in [-0.25, -0.2) is 0 Å². The molecule has 2 N–H and O–H groups in total. The molecular formula is C6H15BN2O2Si2. The van der Waals surface area contributed by atoms with Crippen LogP contribution in [0, 0.1) is 0 Å². The van der Waals surface area contributed by atoms with E-state index in [2.05, 4.69) is 10.2 Å². The van der Waals surface area contributed by atoms with Crippen LogP contribution in [0.3, 0.4) is 0 Å². The minimum atomic E-state index is -2.37. The van der Waals surface area contributed by atoms with Crippen LogP contribution in [-0.2, 0) is 0 Å². The second kappa shape index (κ2) is 4.61. The second-order valence-electron chi connectivity index (χ2n) is 3.74. The van der Waals surface area contributed by atoms with Gasteiger partial charge in [-0.2, -0.15) is 0 Å². The van der Waals surface area contributed by atoms with Crippen LogP contribution in [0.25, 0.3) is 0 Å². The van der Waals surface area contributed by atoms with Gasteiger partial charge >= 0.3 is 0 Å². The van der Waals surface area contributed by atoms with Gasteiger partial charge in [0, 0.05) is 0 Å². The lowest BCUT2D eigenvalue weighted by molar-refractivity contribution is 0.257. The average Bonchev–Trinajstić information content (AvgIpc) is 2.01. The first kappa shape index (κ1) is 12.4. The lowest BCUT2D eigenvalue weighted by Gasteiger charge is -2.22. The van der Waals surface area contributed by atoms with Crippen molar-refractivity contribution in [2.45, 2.75) is 26.2 Å². The fraction of sp³-hybridized carbons (Fsp3) is 0.667. The molecule has 0 atom stereocenters. The maximum Gasteiger partial charge on any atom is 0.250 e. The van der Waals surface area contributed by atoms with Gasteiger partial charge in [-0.15, -0.1) is 0 Å². The summed E-state index contributed by atoms with van der Waals surface area (Å²) in [5.41, 5.74) is -0.226. The number of rotatable bonds is 3. The molecule has 0 aliphatic heterocycles. The van der Waals surface area contributed by atoms with Crippen LogP contribution < -0.4 is 10.2 Å². The molecule has 0 rings (SSSR count). The molecule has 0 aromatic rings. The Kier molecular flexibility index (Phi) is 4.41. The predicted molar refractivity (Wildman–Crippen MR) is 59.2 cm³/mol. The summed E-state index contributed by atoms with van der Waals surface area (Å²) in [5, 5.41) is 2.07. The third kappa shape index (κ3) is 3.77. The molecule has 0 heterocycles. The van der Waals surface area contributed by atoms with Crippen molar-refractivity contribution in [3.05, 3.63) is 0 Å². The van der Waals surface area contributed by atoms with E-state index >= 15 is 0 Å². The molecule has 0 fully saturated rings. The Hall–Kier alpha value is -0.561. The first-order valence-corrected chi connectivity index (χ1v) is 10.0. The molecule has 2 radical (unpaired) electrons. The van der Waals surface area contributed by atoms with Crippen molar-refractivity contribution in [2.24, 2.45) is 0 Å². The Bertz CT molecular complexity index is 221. The summed E-state index contributed by atoms with van der Waals surface area (Å²) < 4.78 is 0. The molecule has 0 aliphatic carbocycles. The molecule has 0 saturated carbocycles. The van der Waals surface area contributed by atoms with Crippen molar-refractivity contribution in [1.29, 1.82) is 0 Å². The number of carbonyl (C=O) groups is 2. The van der Waals surface area contributed by atoms with Gasteiger partial charge in [0.2, 0.25) is 13.5 Å². The summed E-state index contributed by atoms with van der Waals surface area (Å²) in [6.07, 6.45) is 0. The van der Waals surface area contributed by atoms with Crippen LogP contribution in [0.5, 0.6) is 0 Å². The molecule has 0 aromatic carbocycles. The van der Waals surface area contributed by atoms with E-state index in [9.17, 15) is 9.59 Å². The molecule has 0 aromatic heterocycles. The molecule has 72 valence electrons. The smallest absolute Gasteiger partial charge is 0.250 e. The molecule has 0 saturated heterocycles. The van der Waals surface area contributed by atoms with E-state index < -0.39 is 17.0 Å². The summed E-state index contributed by atoms with van der Waals surface area (Å²) in [7, 11) is 1.28. The third-order valence-electron chi connectivity index (χ3n) is 1.66. The van der Waals surface area contributed by atoms with Gasteiger partial charge in [-0.1, -0.05) is 13.1 Å². The van der Waals surface area contributed by atoms with Crippen molar-refractivity contribution < 1.29 is 9.59 Å². The van der Waals surface area contributed by atoms with Gasteiger partial charge in [-0.3, -0.25) is 9.59 Å². The van der Waals surface area contributed by atoms with E-state index in [4.69, 9.17) is 7.98 Å². The number of hydrogen-bond donors (Lipinski definition) is 2. The van der Waals surface area contributed by atoms with E-state index in [0.29, 0.717) is 0 Å². The minimum absolute atomic E-state index is 0.0280. The summed E-state index contributed by atoms with van der Waals surface area (Å²) >= 11 is 0. The molecule has 4 nitrogen and oxygen atoms in total. The SMILES string of the molecule is [B]NC(=O)[Si](C)(C)NC(=O)[SiH](C)C. The van der Waals surface area contributed by atoms with Crippen LogP contribution in [0.4, 0.5) is 9.59 Å². The molecule has 7 heteroatoms. The molecule has 0 unspecified atom stereocenters. The van der Waals surface area contributed by atoms with Crippen molar-refractivity contribution in [1.82, 2.24) is 10.2 Å². The molecule has 2 amide bonds. The first-order valence-electron chi connectivity index (χ1n) is 4.14. The Morgan fingerprint density at radius 1 is 1.31 bits per heavy atom. The van der Waals surface area contributed by atoms with Crippen LogP contribution in [-0.4, -0.2) is 36.1 Å². The zero-order valence-corrected chi connectivity index (χ0v) is 10.6. The zero-order chi connectivity index (χ0) is 10.6. The fourth-order valence-corrected chi connectivity index (χ4v) is 4.02. The van der Waals surface area contributed by atoms with Gasteiger partial charge in [0.1, 0.15) is 8.80 Å². The second-order valence-corrected chi connectivity index (χ2v) is 10.5. The summed E-state index contributed by atoms with van der Waals surface area (Å²) in [5.74, 6) is 0. The predicted octanol–water partition coefficient (Wildman–Crippen LogP) is 0.344.